The van der Waals surface area contributed by atoms with Gasteiger partial charge in [-0.3, -0.25) is 0 Å². The number of unbranched alkanes of at least 4 members (excludes halogenated alkanes) is 2. The molecule has 0 atom stereocenters. The molecule has 0 aliphatic heterocycles. The van der Waals surface area contributed by atoms with Gasteiger partial charge < -0.3 is 9.47 Å². The molecule has 0 unspecified atom stereocenters. The van der Waals surface area contributed by atoms with Gasteiger partial charge in [0.15, 0.2) is 6.79 Å². The highest BCUT2D eigenvalue weighted by Crippen LogP contribution is 1.93. The molecule has 0 aliphatic carbocycles. The summed E-state index contributed by atoms with van der Waals surface area (Å²) in [6.45, 7) is 4.10. The third kappa shape index (κ3) is 7.43. The van der Waals surface area contributed by atoms with E-state index in [-0.39, 0.29) is 6.79 Å². The van der Waals surface area contributed by atoms with Crippen LogP contribution in [0.15, 0.2) is 0 Å². The van der Waals surface area contributed by atoms with Gasteiger partial charge in [0, 0.05) is 0 Å². The second kappa shape index (κ2) is 8.43. The lowest BCUT2D eigenvalue weighted by atomic mass is 10.3. The Morgan fingerprint density at radius 1 is 1.40 bits per heavy atom. The lowest BCUT2D eigenvalue weighted by Crippen LogP contribution is -1.99. The summed E-state index contributed by atoms with van der Waals surface area (Å²) in [5, 5.41) is 0. The molecular formula is C7H13O3. The van der Waals surface area contributed by atoms with Crippen LogP contribution < -0.4 is 0 Å². The molecule has 1 radical (unpaired) electrons. The van der Waals surface area contributed by atoms with Crippen molar-refractivity contribution in [2.45, 2.75) is 26.2 Å². The number of ether oxygens (including phenoxy) is 2. The summed E-state index contributed by atoms with van der Waals surface area (Å²) < 4.78 is 9.08. The lowest BCUT2D eigenvalue weighted by Gasteiger charge is -1.99. The van der Waals surface area contributed by atoms with Crippen LogP contribution in [0.4, 0.5) is 0 Å². The minimum absolute atomic E-state index is 0.0349. The van der Waals surface area contributed by atoms with Crippen molar-refractivity contribution in [2.75, 3.05) is 13.4 Å². The molecule has 0 aliphatic rings. The molecule has 0 spiro atoms. The molecule has 10 heavy (non-hydrogen) atoms. The zero-order valence-corrected chi connectivity index (χ0v) is 6.26. The summed E-state index contributed by atoms with van der Waals surface area (Å²) in [4.78, 5) is 9.47. The maximum atomic E-state index is 9.47. The van der Waals surface area contributed by atoms with E-state index in [1.807, 2.05) is 0 Å². The van der Waals surface area contributed by atoms with Crippen molar-refractivity contribution in [2.24, 2.45) is 0 Å². The van der Waals surface area contributed by atoms with Crippen LogP contribution in [0.1, 0.15) is 26.2 Å². The van der Waals surface area contributed by atoms with Gasteiger partial charge in [0.2, 0.25) is 0 Å². The number of hydrogen-bond donors (Lipinski definition) is 0. The van der Waals surface area contributed by atoms with E-state index in [1.165, 1.54) is 12.9 Å². The lowest BCUT2D eigenvalue weighted by molar-refractivity contribution is 0.00442. The fourth-order valence-electron chi connectivity index (χ4n) is 0.579. The Morgan fingerprint density at radius 2 is 2.20 bits per heavy atom. The molecule has 3 nitrogen and oxygen atoms in total. The third-order valence-electron chi connectivity index (χ3n) is 1.09. The van der Waals surface area contributed by atoms with Crippen molar-refractivity contribution in [3.63, 3.8) is 0 Å². The molecule has 0 aromatic heterocycles. The topological polar surface area (TPSA) is 35.5 Å². The molecular weight excluding hydrogens is 132 g/mol. The Morgan fingerprint density at radius 3 is 2.80 bits per heavy atom. The number of carbonyl (C=O) groups excluding carboxylic acids is 1. The van der Waals surface area contributed by atoms with E-state index in [0.29, 0.717) is 6.61 Å². The van der Waals surface area contributed by atoms with Gasteiger partial charge in [-0.1, -0.05) is 19.8 Å². The second-order valence-electron chi connectivity index (χ2n) is 1.96. The van der Waals surface area contributed by atoms with Crippen molar-refractivity contribution >= 4 is 6.47 Å². The molecule has 59 valence electrons. The van der Waals surface area contributed by atoms with Crippen LogP contribution in [0, 0.1) is 0 Å². The summed E-state index contributed by atoms with van der Waals surface area (Å²) in [5.41, 5.74) is 0. The molecule has 0 aromatic rings. The van der Waals surface area contributed by atoms with Gasteiger partial charge in [-0.25, -0.2) is 4.79 Å². The first-order valence-electron chi connectivity index (χ1n) is 3.48. The smallest absolute Gasteiger partial charge is 0.419 e. The molecule has 0 saturated carbocycles. The molecule has 0 amide bonds. The molecule has 0 fully saturated rings. The van der Waals surface area contributed by atoms with Gasteiger partial charge in [-0.05, 0) is 6.42 Å². The Kier molecular flexibility index (Phi) is 7.95. The maximum Gasteiger partial charge on any atom is 0.419 e. The van der Waals surface area contributed by atoms with Crippen LogP contribution in [-0.4, -0.2) is 19.9 Å². The average Bonchev–Trinajstić information content (AvgIpc) is 1.97. The molecule has 0 rings (SSSR count). The minimum Gasteiger partial charge on any atom is -0.430 e. The van der Waals surface area contributed by atoms with Gasteiger partial charge in [0.25, 0.3) is 0 Å². The van der Waals surface area contributed by atoms with Crippen molar-refractivity contribution in [3.05, 3.63) is 0 Å². The zero-order valence-electron chi connectivity index (χ0n) is 6.26. The molecule has 3 heteroatoms. The van der Waals surface area contributed by atoms with E-state index in [2.05, 4.69) is 11.7 Å². The molecule has 0 heterocycles. The normalized spacial score (nSPS) is 9.30. The zero-order chi connectivity index (χ0) is 7.66. The van der Waals surface area contributed by atoms with Crippen LogP contribution in [0.2, 0.25) is 0 Å². The Hall–Kier alpha value is -0.570. The minimum atomic E-state index is 0.0349. The first-order valence-corrected chi connectivity index (χ1v) is 3.48. The molecule has 0 saturated heterocycles. The first-order chi connectivity index (χ1) is 4.91. The van der Waals surface area contributed by atoms with E-state index in [9.17, 15) is 4.79 Å². The summed E-state index contributed by atoms with van der Waals surface area (Å²) >= 11 is 0. The highest BCUT2D eigenvalue weighted by atomic mass is 16.7. The highest BCUT2D eigenvalue weighted by Gasteiger charge is 1.86. The largest absolute Gasteiger partial charge is 0.430 e. The predicted molar refractivity (Wildman–Crippen MR) is 37.1 cm³/mol. The molecule has 0 bridgehead atoms. The summed E-state index contributed by atoms with van der Waals surface area (Å²) in [5.74, 6) is 0. The van der Waals surface area contributed by atoms with E-state index in [4.69, 9.17) is 4.74 Å². The van der Waals surface area contributed by atoms with Gasteiger partial charge in [0.1, 0.15) is 0 Å². The van der Waals surface area contributed by atoms with E-state index in [1.54, 1.807) is 0 Å². The van der Waals surface area contributed by atoms with Crippen LogP contribution in [-0.2, 0) is 14.3 Å². The van der Waals surface area contributed by atoms with Crippen molar-refractivity contribution in [1.82, 2.24) is 0 Å². The van der Waals surface area contributed by atoms with Crippen molar-refractivity contribution in [3.8, 4) is 0 Å². The van der Waals surface area contributed by atoms with Gasteiger partial charge >= 0.3 is 6.47 Å². The number of hydrogen-bond acceptors (Lipinski definition) is 3. The highest BCUT2D eigenvalue weighted by molar-refractivity contribution is 5.37. The van der Waals surface area contributed by atoms with E-state index >= 15 is 0 Å². The average molecular weight is 145 g/mol. The first kappa shape index (κ1) is 9.43. The number of rotatable bonds is 7. The van der Waals surface area contributed by atoms with E-state index < -0.39 is 0 Å². The SMILES string of the molecule is CCCCCOCO[C]=O. The van der Waals surface area contributed by atoms with Crippen molar-refractivity contribution < 1.29 is 14.3 Å². The summed E-state index contributed by atoms with van der Waals surface area (Å²) in [6, 6.07) is 0. The van der Waals surface area contributed by atoms with Crippen molar-refractivity contribution in [1.29, 1.82) is 0 Å². The van der Waals surface area contributed by atoms with Crippen LogP contribution in [0.3, 0.4) is 0 Å². The third-order valence-corrected chi connectivity index (χ3v) is 1.09. The van der Waals surface area contributed by atoms with Gasteiger partial charge in [-0.15, -0.1) is 0 Å². The van der Waals surface area contributed by atoms with Gasteiger partial charge in [-0.2, -0.15) is 0 Å². The fourth-order valence-corrected chi connectivity index (χ4v) is 0.579. The maximum absolute atomic E-state index is 9.47. The van der Waals surface area contributed by atoms with Crippen LogP contribution in [0.5, 0.6) is 0 Å². The standard InChI is InChI=1S/C7H13O3/c1-2-3-4-5-9-7-10-6-8/h2-5,7H2,1H3. The Balaban J connectivity index is 2.70. The van der Waals surface area contributed by atoms with Crippen LogP contribution >= 0.6 is 0 Å². The predicted octanol–water partition coefficient (Wildman–Crippen LogP) is 1.23. The second-order valence-corrected chi connectivity index (χ2v) is 1.96. The monoisotopic (exact) mass is 145 g/mol. The van der Waals surface area contributed by atoms with E-state index in [0.717, 1.165) is 12.8 Å². The fraction of sp³-hybridized carbons (Fsp3) is 0.857. The molecule has 0 N–H and O–H groups in total. The quantitative estimate of drug-likeness (QED) is 0.399. The summed E-state index contributed by atoms with van der Waals surface area (Å²) in [7, 11) is 0. The Bertz CT molecular complexity index is 73.3. The molecule has 0 aromatic carbocycles. The van der Waals surface area contributed by atoms with Crippen LogP contribution in [0.25, 0.3) is 0 Å². The van der Waals surface area contributed by atoms with Gasteiger partial charge in [0.05, 0.1) is 6.61 Å². The summed E-state index contributed by atoms with van der Waals surface area (Å²) in [6.07, 6.45) is 3.35. The Labute approximate surface area is 61.3 Å².